The summed E-state index contributed by atoms with van der Waals surface area (Å²) in [4.78, 5) is 25.9. The van der Waals surface area contributed by atoms with Gasteiger partial charge in [-0.3, -0.25) is 9.59 Å². The number of carbonyl (C=O) groups excluding carboxylic acids is 1. The molecule has 0 fully saturated rings. The van der Waals surface area contributed by atoms with Crippen LogP contribution in [0.25, 0.3) is 5.69 Å². The van der Waals surface area contributed by atoms with E-state index in [-0.39, 0.29) is 74.2 Å². The normalized spacial score (nSPS) is 12.9. The predicted molar refractivity (Wildman–Crippen MR) is 145 cm³/mol. The number of aromatic nitrogens is 2. The van der Waals surface area contributed by atoms with Gasteiger partial charge >= 0.3 is 41.9 Å². The summed E-state index contributed by atoms with van der Waals surface area (Å²) in [7, 11) is 1.52. The summed E-state index contributed by atoms with van der Waals surface area (Å²) in [6.45, 7) is 3.78. The molecule has 0 aliphatic rings. The molecule has 0 spiro atoms. The van der Waals surface area contributed by atoms with Crippen molar-refractivity contribution in [3.05, 3.63) is 76.9 Å². The van der Waals surface area contributed by atoms with E-state index in [4.69, 9.17) is 5.11 Å². The summed E-state index contributed by atoms with van der Waals surface area (Å²) in [5, 5.41) is 33.8. The smallest absolute Gasteiger partial charge is 1.00 e. The number of carboxylic acid groups (broad SMARTS) is 1. The van der Waals surface area contributed by atoms with E-state index in [1.807, 2.05) is 13.8 Å². The first kappa shape index (κ1) is 36.2. The second-order valence-corrected chi connectivity index (χ2v) is 10.3. The van der Waals surface area contributed by atoms with Gasteiger partial charge in [0.1, 0.15) is 11.6 Å². The largest absolute Gasteiger partial charge is 1.00 e. The van der Waals surface area contributed by atoms with E-state index in [2.05, 4.69) is 9.84 Å². The number of halogens is 4. The zero-order chi connectivity index (χ0) is 31.2. The summed E-state index contributed by atoms with van der Waals surface area (Å²) in [5.41, 5.74) is 2.30. The number of aliphatic hydroxyl groups excluding tert-OH is 2. The van der Waals surface area contributed by atoms with Gasteiger partial charge in [-0.25, -0.2) is 9.07 Å². The first-order valence-electron chi connectivity index (χ1n) is 13.2. The number of aliphatic hydroxyl groups is 2. The molecule has 3 N–H and O–H groups in total. The van der Waals surface area contributed by atoms with E-state index in [1.165, 1.54) is 53.0 Å². The molecular weight excluding hydrogens is 585 g/mol. The molecule has 0 unspecified atom stereocenters. The number of rotatable bonds is 13. The van der Waals surface area contributed by atoms with Crippen LogP contribution >= 0.6 is 0 Å². The molecule has 1 amide bonds. The third kappa shape index (κ3) is 10.6. The molecule has 1 aromatic heterocycles. The fourth-order valence-corrected chi connectivity index (χ4v) is 4.61. The number of ether oxygens (including phenoxy) is 1. The van der Waals surface area contributed by atoms with Crippen LogP contribution in [-0.2, 0) is 17.8 Å². The van der Waals surface area contributed by atoms with Crippen molar-refractivity contribution in [1.29, 1.82) is 0 Å². The summed E-state index contributed by atoms with van der Waals surface area (Å²) < 4.78 is 56.5. The molecule has 3 aromatic rings. The van der Waals surface area contributed by atoms with E-state index >= 15 is 0 Å². The molecule has 230 valence electrons. The van der Waals surface area contributed by atoms with Crippen LogP contribution in [0.4, 0.5) is 17.6 Å². The van der Waals surface area contributed by atoms with Crippen molar-refractivity contribution in [2.75, 3.05) is 7.05 Å². The summed E-state index contributed by atoms with van der Waals surface area (Å²) in [6, 6.07) is 10.6. The number of hydrogen-bond donors (Lipinski definition) is 3. The molecule has 14 heteroatoms. The van der Waals surface area contributed by atoms with E-state index < -0.39 is 42.7 Å². The minimum atomic E-state index is -4.82. The average Bonchev–Trinajstić information content (AvgIpc) is 3.27. The fourth-order valence-electron chi connectivity index (χ4n) is 4.61. The second-order valence-electron chi connectivity index (χ2n) is 10.3. The molecule has 3 rings (SSSR count). The fraction of sp³-hybridized carbons (Fsp3) is 0.414. The van der Waals surface area contributed by atoms with Gasteiger partial charge in [0, 0.05) is 24.8 Å². The topological polar surface area (TPSA) is 125 Å². The number of carboxylic acids is 1. The van der Waals surface area contributed by atoms with Gasteiger partial charge in [-0.2, -0.15) is 5.10 Å². The van der Waals surface area contributed by atoms with Crippen molar-refractivity contribution in [2.45, 2.75) is 70.6 Å². The number of benzene rings is 2. The number of amides is 1. The Balaban J connectivity index is 0.00000484. The molecule has 0 aliphatic carbocycles. The van der Waals surface area contributed by atoms with Gasteiger partial charge in [-0.05, 0) is 67.1 Å². The molecule has 1 heterocycles. The van der Waals surface area contributed by atoms with Gasteiger partial charge < -0.3 is 26.4 Å². The number of nitrogens with zero attached hydrogens (tertiary/aromatic N) is 3. The molecule has 2 atom stereocenters. The minimum absolute atomic E-state index is 0. The molecule has 0 bridgehead atoms. The van der Waals surface area contributed by atoms with Crippen LogP contribution in [0.15, 0.2) is 48.5 Å². The maximum Gasteiger partial charge on any atom is 1.00 e. The van der Waals surface area contributed by atoms with Gasteiger partial charge in [0.2, 0.25) is 0 Å². The molecule has 43 heavy (non-hydrogen) atoms. The summed E-state index contributed by atoms with van der Waals surface area (Å²) in [5.74, 6) is -2.72. The Bertz CT molecular complexity index is 1370. The molecule has 0 aliphatic heterocycles. The third-order valence-electron chi connectivity index (χ3n) is 6.46. The Hall–Kier alpha value is -2.97. The van der Waals surface area contributed by atoms with Crippen molar-refractivity contribution in [3.63, 3.8) is 0 Å². The number of alkyl halides is 3. The van der Waals surface area contributed by atoms with Crippen LogP contribution < -0.4 is 34.3 Å². The van der Waals surface area contributed by atoms with E-state index in [0.29, 0.717) is 22.5 Å². The van der Waals surface area contributed by atoms with Crippen LogP contribution in [0.5, 0.6) is 5.75 Å². The second kappa shape index (κ2) is 15.7. The van der Waals surface area contributed by atoms with Crippen molar-refractivity contribution in [3.8, 4) is 11.4 Å². The maximum atomic E-state index is 13.7. The van der Waals surface area contributed by atoms with Crippen LogP contribution in [0.2, 0.25) is 0 Å². The molecular formula is C29H34F4N3NaO6. The summed E-state index contributed by atoms with van der Waals surface area (Å²) in [6.07, 6.45) is -7.43. The van der Waals surface area contributed by atoms with Crippen LogP contribution in [0, 0.1) is 5.82 Å². The van der Waals surface area contributed by atoms with Gasteiger partial charge in [0.25, 0.3) is 5.91 Å². The van der Waals surface area contributed by atoms with Crippen LogP contribution in [0.1, 0.15) is 67.8 Å². The first-order chi connectivity index (χ1) is 19.6. The van der Waals surface area contributed by atoms with Crippen LogP contribution in [0.3, 0.4) is 0 Å². The standard InChI is InChI=1S/C29H33F4N3O6.Na.H/c1-17(2)26-24(13-10-21(37)14-22(38)15-25(39)40)36(20-8-6-19(30)7-9-20)34-27(26)28(41)35(3)16-18-4-11-23(12-5-18)42-29(31,32)33;;/h4-9,11-12,17,21-22,37-38H,10,13-16H2,1-3H3,(H,39,40);;/q;+1;-1/t21-,22-;;/m1../s1. The minimum Gasteiger partial charge on any atom is -1.00 e. The first-order valence-corrected chi connectivity index (χ1v) is 13.2. The SMILES string of the molecule is CC(C)c1c(C(=O)N(C)Cc2ccc(OC(F)(F)F)cc2)nn(-c2ccc(F)cc2)c1CC[C@@H](O)C[C@@H](O)CC(=O)O.[H-].[Na+]. The molecule has 0 saturated heterocycles. The van der Waals surface area contributed by atoms with Crippen molar-refractivity contribution in [2.24, 2.45) is 0 Å². The zero-order valence-corrected chi connectivity index (χ0v) is 26.3. The van der Waals surface area contributed by atoms with Crippen LogP contribution in [-0.4, -0.2) is 67.5 Å². The Morgan fingerprint density at radius 3 is 2.19 bits per heavy atom. The number of hydrogen-bond acceptors (Lipinski definition) is 6. The van der Waals surface area contributed by atoms with E-state index in [9.17, 15) is 37.4 Å². The Labute approximate surface area is 269 Å². The molecule has 9 nitrogen and oxygen atoms in total. The summed E-state index contributed by atoms with van der Waals surface area (Å²) >= 11 is 0. The quantitative estimate of drug-likeness (QED) is 0.197. The van der Waals surface area contributed by atoms with Gasteiger partial charge in [0.15, 0.2) is 5.69 Å². The maximum absolute atomic E-state index is 13.7. The van der Waals surface area contributed by atoms with Crippen molar-refractivity contribution in [1.82, 2.24) is 14.7 Å². The van der Waals surface area contributed by atoms with Crippen molar-refractivity contribution < 1.29 is 78.2 Å². The Kier molecular flexibility index (Phi) is 13.2. The predicted octanol–water partition coefficient (Wildman–Crippen LogP) is 1.94. The zero-order valence-electron chi connectivity index (χ0n) is 25.3. The average molecular weight is 620 g/mol. The Morgan fingerprint density at radius 2 is 1.65 bits per heavy atom. The van der Waals surface area contributed by atoms with E-state index in [1.54, 1.807) is 0 Å². The molecule has 0 saturated carbocycles. The number of aliphatic carboxylic acids is 1. The monoisotopic (exact) mass is 619 g/mol. The van der Waals surface area contributed by atoms with Gasteiger partial charge in [-0.15, -0.1) is 13.2 Å². The van der Waals surface area contributed by atoms with Gasteiger partial charge in [0.05, 0.1) is 24.3 Å². The van der Waals surface area contributed by atoms with Gasteiger partial charge in [-0.1, -0.05) is 26.0 Å². The molecule has 0 radical (unpaired) electrons. The Morgan fingerprint density at radius 1 is 1.05 bits per heavy atom. The van der Waals surface area contributed by atoms with E-state index in [0.717, 1.165) is 12.1 Å². The van der Waals surface area contributed by atoms with Crippen molar-refractivity contribution >= 4 is 11.9 Å². The number of carbonyl (C=O) groups is 2. The molecule has 2 aromatic carbocycles. The third-order valence-corrected chi connectivity index (χ3v) is 6.46.